The zero-order chi connectivity index (χ0) is 21.9. The fraction of sp³-hybridized carbons (Fsp3) is 0.240. The molecule has 2 aliphatic heterocycles. The van der Waals surface area contributed by atoms with Crippen molar-refractivity contribution in [3.8, 4) is 17.3 Å². The van der Waals surface area contributed by atoms with Gasteiger partial charge < -0.3 is 15.4 Å². The first-order chi connectivity index (χ1) is 15.7. The second-order valence-corrected chi connectivity index (χ2v) is 7.91. The van der Waals surface area contributed by atoms with Gasteiger partial charge in [0.15, 0.2) is 0 Å². The summed E-state index contributed by atoms with van der Waals surface area (Å²) >= 11 is 0. The molecule has 0 atom stereocenters. The van der Waals surface area contributed by atoms with Crippen LogP contribution in [-0.4, -0.2) is 36.1 Å². The predicted octanol–water partition coefficient (Wildman–Crippen LogP) is 4.09. The number of benzene rings is 1. The molecule has 1 saturated heterocycles. The van der Waals surface area contributed by atoms with Crippen LogP contribution in [0.1, 0.15) is 40.2 Å². The number of rotatable bonds is 5. The Bertz CT molecular complexity index is 1170. The normalized spacial score (nSPS) is 15.7. The number of aromatic nitrogens is 2. The van der Waals surface area contributed by atoms with Crippen LogP contribution in [0, 0.1) is 0 Å². The molecule has 0 aliphatic carbocycles. The standard InChI is InChI=1S/C25H24N5O2/c1-32-22-4-2-3-20(29-22)21-15-18-11-14-27-25(31)23(18)24(30-21)28-19-7-5-16(6-8-19)17-9-12-26-13-10-17/h2-8,11,14-15,17,26H,9-10,12-13H2,1H3,(H,28,30). The summed E-state index contributed by atoms with van der Waals surface area (Å²) in [5.74, 6) is 1.25. The van der Waals surface area contributed by atoms with Gasteiger partial charge >= 0.3 is 0 Å². The van der Waals surface area contributed by atoms with Gasteiger partial charge in [0.05, 0.1) is 24.1 Å². The molecule has 0 bridgehead atoms. The molecule has 0 spiro atoms. The maximum atomic E-state index is 12.6. The average molecular weight is 427 g/mol. The molecule has 0 saturated carbocycles. The van der Waals surface area contributed by atoms with Crippen LogP contribution in [0.15, 0.2) is 54.7 Å². The van der Waals surface area contributed by atoms with Crippen molar-refractivity contribution >= 4 is 23.5 Å². The van der Waals surface area contributed by atoms with E-state index in [-0.39, 0.29) is 5.91 Å². The molecule has 1 radical (unpaired) electrons. The lowest BCUT2D eigenvalue weighted by Crippen LogP contribution is -2.26. The summed E-state index contributed by atoms with van der Waals surface area (Å²) in [6, 6.07) is 15.8. The fourth-order valence-corrected chi connectivity index (χ4v) is 4.19. The van der Waals surface area contributed by atoms with Gasteiger partial charge in [0.2, 0.25) is 5.88 Å². The van der Waals surface area contributed by atoms with Crippen molar-refractivity contribution in [2.45, 2.75) is 18.8 Å². The van der Waals surface area contributed by atoms with E-state index >= 15 is 0 Å². The third-order valence-electron chi connectivity index (χ3n) is 5.89. The SMILES string of the molecule is COc1cccc(-c2cc3c(c(Nc4ccc(C5CCNCC5)cc4)n2)C(=O)[N]C=C3)n1. The molecule has 7 heteroatoms. The first kappa shape index (κ1) is 20.2. The molecular weight excluding hydrogens is 402 g/mol. The van der Waals surface area contributed by atoms with E-state index in [9.17, 15) is 4.79 Å². The lowest BCUT2D eigenvalue weighted by atomic mass is 9.90. The number of piperidine rings is 1. The fourth-order valence-electron chi connectivity index (χ4n) is 4.19. The van der Waals surface area contributed by atoms with E-state index in [1.165, 1.54) is 11.8 Å². The van der Waals surface area contributed by atoms with E-state index in [4.69, 9.17) is 9.72 Å². The van der Waals surface area contributed by atoms with E-state index in [1.807, 2.05) is 36.4 Å². The molecule has 0 unspecified atom stereocenters. The smallest absolute Gasteiger partial charge is 0.281 e. The molecule has 4 heterocycles. The Labute approximate surface area is 186 Å². The number of amides is 1. The maximum Gasteiger partial charge on any atom is 0.281 e. The molecule has 1 aromatic carbocycles. The number of anilines is 2. The van der Waals surface area contributed by atoms with E-state index < -0.39 is 0 Å². The highest BCUT2D eigenvalue weighted by Gasteiger charge is 2.23. The van der Waals surface area contributed by atoms with Crippen LogP contribution in [0.5, 0.6) is 5.88 Å². The molecule has 32 heavy (non-hydrogen) atoms. The number of nitrogens with zero attached hydrogens (tertiary/aromatic N) is 3. The van der Waals surface area contributed by atoms with E-state index in [0.29, 0.717) is 34.6 Å². The lowest BCUT2D eigenvalue weighted by Gasteiger charge is -2.23. The van der Waals surface area contributed by atoms with Gasteiger partial charge in [-0.1, -0.05) is 18.2 Å². The zero-order valence-corrected chi connectivity index (χ0v) is 17.8. The molecule has 3 aromatic rings. The highest BCUT2D eigenvalue weighted by Crippen LogP contribution is 2.31. The van der Waals surface area contributed by atoms with Gasteiger partial charge in [-0.3, -0.25) is 4.79 Å². The van der Waals surface area contributed by atoms with Crippen molar-refractivity contribution in [3.05, 3.63) is 71.4 Å². The number of nitrogens with one attached hydrogen (secondary N) is 2. The molecule has 2 N–H and O–H groups in total. The number of hydrogen-bond acceptors (Lipinski definition) is 6. The van der Waals surface area contributed by atoms with Gasteiger partial charge in [0.25, 0.3) is 5.91 Å². The van der Waals surface area contributed by atoms with Gasteiger partial charge in [0.1, 0.15) is 5.82 Å². The largest absolute Gasteiger partial charge is 0.481 e. The van der Waals surface area contributed by atoms with Crippen molar-refractivity contribution in [3.63, 3.8) is 0 Å². The highest BCUT2D eigenvalue weighted by atomic mass is 16.5. The molecule has 2 aromatic heterocycles. The summed E-state index contributed by atoms with van der Waals surface area (Å²) in [5, 5.41) is 10.7. The number of ether oxygens (including phenoxy) is 1. The minimum absolute atomic E-state index is 0.311. The van der Waals surface area contributed by atoms with Crippen LogP contribution in [0.2, 0.25) is 0 Å². The number of pyridine rings is 2. The van der Waals surface area contributed by atoms with Crippen LogP contribution in [0.25, 0.3) is 17.5 Å². The molecule has 7 nitrogen and oxygen atoms in total. The number of fused-ring (bicyclic) bond motifs is 1. The first-order valence-electron chi connectivity index (χ1n) is 10.8. The van der Waals surface area contributed by atoms with Crippen LogP contribution in [-0.2, 0) is 0 Å². The van der Waals surface area contributed by atoms with Crippen LogP contribution < -0.4 is 20.7 Å². The van der Waals surface area contributed by atoms with Crippen molar-refractivity contribution in [2.75, 3.05) is 25.5 Å². The van der Waals surface area contributed by atoms with Gasteiger partial charge in [-0.15, -0.1) is 0 Å². The Morgan fingerprint density at radius 2 is 1.84 bits per heavy atom. The summed E-state index contributed by atoms with van der Waals surface area (Å²) in [6.07, 6.45) is 5.64. The van der Waals surface area contributed by atoms with Crippen molar-refractivity contribution in [1.29, 1.82) is 0 Å². The lowest BCUT2D eigenvalue weighted by molar-refractivity contribution is 0.0965. The van der Waals surface area contributed by atoms with Crippen molar-refractivity contribution in [1.82, 2.24) is 20.6 Å². The van der Waals surface area contributed by atoms with Crippen molar-refractivity contribution < 1.29 is 9.53 Å². The number of hydrogen-bond donors (Lipinski definition) is 2. The topological polar surface area (TPSA) is 90.2 Å². The van der Waals surface area contributed by atoms with Crippen molar-refractivity contribution in [2.24, 2.45) is 0 Å². The third-order valence-corrected chi connectivity index (χ3v) is 5.89. The van der Waals surface area contributed by atoms with Crippen LogP contribution in [0.4, 0.5) is 11.5 Å². The summed E-state index contributed by atoms with van der Waals surface area (Å²) in [4.78, 5) is 21.8. The predicted molar refractivity (Wildman–Crippen MR) is 124 cm³/mol. The van der Waals surface area contributed by atoms with Crippen LogP contribution in [0.3, 0.4) is 0 Å². The third kappa shape index (κ3) is 4.07. The van der Waals surface area contributed by atoms with E-state index in [0.717, 1.165) is 37.2 Å². The summed E-state index contributed by atoms with van der Waals surface area (Å²) in [6.45, 7) is 2.12. The van der Waals surface area contributed by atoms with E-state index in [2.05, 4.69) is 33.1 Å². The quantitative estimate of drug-likeness (QED) is 0.639. The number of carbonyl (C=O) groups excluding carboxylic acids is 1. The second-order valence-electron chi connectivity index (χ2n) is 7.91. The maximum absolute atomic E-state index is 12.6. The molecule has 5 rings (SSSR count). The van der Waals surface area contributed by atoms with E-state index in [1.54, 1.807) is 13.2 Å². The minimum atomic E-state index is -0.311. The highest BCUT2D eigenvalue weighted by molar-refractivity contribution is 6.05. The van der Waals surface area contributed by atoms with Gasteiger partial charge in [-0.05, 0) is 73.3 Å². The molecular formula is C25H24N5O2. The minimum Gasteiger partial charge on any atom is -0.481 e. The van der Waals surface area contributed by atoms with Gasteiger partial charge in [0, 0.05) is 18.0 Å². The van der Waals surface area contributed by atoms with Gasteiger partial charge in [-0.25, -0.2) is 15.3 Å². The first-order valence-corrected chi connectivity index (χ1v) is 10.8. The summed E-state index contributed by atoms with van der Waals surface area (Å²) < 4.78 is 5.25. The summed E-state index contributed by atoms with van der Waals surface area (Å²) in [5.41, 5.74) is 4.75. The Balaban J connectivity index is 1.49. The molecule has 161 valence electrons. The average Bonchev–Trinajstić information content (AvgIpc) is 2.85. The number of methoxy groups -OCH3 is 1. The Morgan fingerprint density at radius 3 is 2.62 bits per heavy atom. The zero-order valence-electron chi connectivity index (χ0n) is 17.8. The summed E-state index contributed by atoms with van der Waals surface area (Å²) in [7, 11) is 1.58. The molecule has 2 aliphatic rings. The number of carbonyl (C=O) groups is 1. The second kappa shape index (κ2) is 8.80. The molecule has 1 amide bonds. The Hall–Kier alpha value is -3.71. The van der Waals surface area contributed by atoms with Gasteiger partial charge in [-0.2, -0.15) is 0 Å². The van der Waals surface area contributed by atoms with Crippen LogP contribution >= 0.6 is 0 Å². The Morgan fingerprint density at radius 1 is 1.03 bits per heavy atom. The monoisotopic (exact) mass is 426 g/mol. The molecule has 1 fully saturated rings. The Kier molecular flexibility index (Phi) is 5.56.